The van der Waals surface area contributed by atoms with E-state index in [4.69, 9.17) is 9.47 Å². The molecule has 6 heteroatoms. The summed E-state index contributed by atoms with van der Waals surface area (Å²) >= 11 is 1.95. The monoisotopic (exact) mass is 473 g/mol. The fraction of sp³-hybridized carbons (Fsp3) is 0.500. The number of nitrogens with one attached hydrogen (secondary N) is 1. The molecule has 0 radical (unpaired) electrons. The van der Waals surface area contributed by atoms with Crippen molar-refractivity contribution in [1.82, 2.24) is 5.32 Å². The van der Waals surface area contributed by atoms with Crippen molar-refractivity contribution in [1.29, 1.82) is 0 Å². The molecule has 0 aliphatic carbocycles. The van der Waals surface area contributed by atoms with Crippen LogP contribution in [0, 0.1) is 5.92 Å². The van der Waals surface area contributed by atoms with Gasteiger partial charge in [-0.25, -0.2) is 0 Å². The van der Waals surface area contributed by atoms with Gasteiger partial charge in [-0.15, -0.1) is 0 Å². The number of carbonyl (C=O) groups is 2. The highest BCUT2D eigenvalue weighted by molar-refractivity contribution is 14.1. The highest BCUT2D eigenvalue weighted by atomic mass is 127. The number of unbranched alkanes of at least 4 members (excludes halogenated alkanes) is 2. The standard InChI is InChI=1S/C20H28INO4/c1-15(2)8-6-4-5-7-9-19(23)22-14-16-10-11-17(18(12-16)25-3)26-20(24)13-21/h6,8,10-12,15H,4-5,7,9,13-14H2,1-3H3,(H,22,23). The summed E-state index contributed by atoms with van der Waals surface area (Å²) in [6.45, 7) is 4.72. The molecule has 1 N–H and O–H groups in total. The number of hydrogen-bond donors (Lipinski definition) is 1. The van der Waals surface area contributed by atoms with Gasteiger partial charge in [-0.05, 0) is 42.9 Å². The molecule has 0 fully saturated rings. The topological polar surface area (TPSA) is 64.6 Å². The van der Waals surface area contributed by atoms with Gasteiger partial charge in [0.1, 0.15) is 0 Å². The lowest BCUT2D eigenvalue weighted by Gasteiger charge is -2.11. The molecule has 1 aromatic carbocycles. The lowest BCUT2D eigenvalue weighted by molar-refractivity contribution is -0.131. The van der Waals surface area contributed by atoms with Crippen LogP contribution in [0.25, 0.3) is 0 Å². The highest BCUT2D eigenvalue weighted by Crippen LogP contribution is 2.28. The summed E-state index contributed by atoms with van der Waals surface area (Å²) in [4.78, 5) is 23.3. The summed E-state index contributed by atoms with van der Waals surface area (Å²) in [5.41, 5.74) is 0.893. The van der Waals surface area contributed by atoms with Crippen molar-refractivity contribution in [3.63, 3.8) is 0 Å². The zero-order valence-corrected chi connectivity index (χ0v) is 17.9. The Labute approximate surface area is 169 Å². The summed E-state index contributed by atoms with van der Waals surface area (Å²) < 4.78 is 10.7. The third kappa shape index (κ3) is 9.22. The number of methoxy groups -OCH3 is 1. The first kappa shape index (κ1) is 22.5. The molecule has 0 aliphatic heterocycles. The van der Waals surface area contributed by atoms with Crippen LogP contribution in [0.1, 0.15) is 45.1 Å². The maximum atomic E-state index is 11.9. The van der Waals surface area contributed by atoms with E-state index in [1.165, 1.54) is 7.11 Å². The van der Waals surface area contributed by atoms with Crippen LogP contribution in [-0.4, -0.2) is 23.4 Å². The molecule has 1 aromatic rings. The number of benzene rings is 1. The minimum atomic E-state index is -0.326. The maximum absolute atomic E-state index is 11.9. The molecule has 144 valence electrons. The van der Waals surface area contributed by atoms with Crippen molar-refractivity contribution < 1.29 is 19.1 Å². The second-order valence-corrected chi connectivity index (χ2v) is 7.05. The van der Waals surface area contributed by atoms with E-state index in [-0.39, 0.29) is 16.3 Å². The smallest absolute Gasteiger partial charge is 0.321 e. The number of halogens is 1. The Bertz CT molecular complexity index is 614. The summed E-state index contributed by atoms with van der Waals surface area (Å²) in [6.07, 6.45) is 7.80. The minimum Gasteiger partial charge on any atom is -0.493 e. The molecule has 0 unspecified atom stereocenters. The van der Waals surface area contributed by atoms with Gasteiger partial charge in [0.25, 0.3) is 0 Å². The molecular weight excluding hydrogens is 445 g/mol. The van der Waals surface area contributed by atoms with Crippen molar-refractivity contribution in [3.05, 3.63) is 35.9 Å². The van der Waals surface area contributed by atoms with Gasteiger partial charge in [0.05, 0.1) is 11.5 Å². The van der Waals surface area contributed by atoms with Crippen LogP contribution in [0.4, 0.5) is 0 Å². The van der Waals surface area contributed by atoms with Crippen molar-refractivity contribution in [2.75, 3.05) is 11.5 Å². The Morgan fingerprint density at radius 1 is 1.23 bits per heavy atom. The number of alkyl halides is 1. The van der Waals surface area contributed by atoms with Crippen LogP contribution < -0.4 is 14.8 Å². The fourth-order valence-electron chi connectivity index (χ4n) is 2.26. The average Bonchev–Trinajstić information content (AvgIpc) is 2.63. The third-order valence-corrected chi connectivity index (χ3v) is 4.22. The van der Waals surface area contributed by atoms with E-state index in [9.17, 15) is 9.59 Å². The fourth-order valence-corrected chi connectivity index (χ4v) is 2.42. The van der Waals surface area contributed by atoms with Gasteiger partial charge in [0, 0.05) is 13.0 Å². The second-order valence-electron chi connectivity index (χ2n) is 6.29. The number of hydrogen-bond acceptors (Lipinski definition) is 4. The quantitative estimate of drug-likeness (QED) is 0.129. The number of rotatable bonds is 11. The molecule has 0 saturated carbocycles. The number of allylic oxidation sites excluding steroid dienone is 2. The van der Waals surface area contributed by atoms with Crippen LogP contribution in [0.5, 0.6) is 11.5 Å². The van der Waals surface area contributed by atoms with Crippen molar-refractivity contribution in [2.45, 2.75) is 46.1 Å². The van der Waals surface area contributed by atoms with Crippen LogP contribution in [0.15, 0.2) is 30.4 Å². The molecule has 5 nitrogen and oxygen atoms in total. The molecule has 0 bridgehead atoms. The van der Waals surface area contributed by atoms with E-state index in [0.29, 0.717) is 30.4 Å². The van der Waals surface area contributed by atoms with Crippen LogP contribution in [-0.2, 0) is 16.1 Å². The predicted octanol–water partition coefficient (Wildman–Crippen LogP) is 4.42. The second kappa shape index (κ2) is 12.7. The first-order valence-electron chi connectivity index (χ1n) is 8.83. The number of amides is 1. The zero-order valence-electron chi connectivity index (χ0n) is 15.7. The van der Waals surface area contributed by atoms with Gasteiger partial charge < -0.3 is 14.8 Å². The average molecular weight is 473 g/mol. The Balaban J connectivity index is 2.39. The molecule has 1 amide bonds. The third-order valence-electron chi connectivity index (χ3n) is 3.60. The van der Waals surface area contributed by atoms with E-state index in [1.807, 2.05) is 28.7 Å². The number of carbonyl (C=O) groups excluding carboxylic acids is 2. The molecule has 0 saturated heterocycles. The Kier molecular flexibility index (Phi) is 11.0. The van der Waals surface area contributed by atoms with Gasteiger partial charge in [-0.2, -0.15) is 0 Å². The van der Waals surface area contributed by atoms with Gasteiger partial charge in [-0.1, -0.05) is 54.7 Å². The lowest BCUT2D eigenvalue weighted by Crippen LogP contribution is -2.22. The molecule has 1 rings (SSSR count). The predicted molar refractivity (Wildman–Crippen MR) is 112 cm³/mol. The Morgan fingerprint density at radius 2 is 2.00 bits per heavy atom. The minimum absolute atomic E-state index is 0.0391. The van der Waals surface area contributed by atoms with Gasteiger partial charge in [0.2, 0.25) is 5.91 Å². The molecular formula is C20H28INO4. The van der Waals surface area contributed by atoms with E-state index in [2.05, 4.69) is 31.3 Å². The largest absolute Gasteiger partial charge is 0.493 e. The van der Waals surface area contributed by atoms with Gasteiger partial charge >= 0.3 is 5.97 Å². The highest BCUT2D eigenvalue weighted by Gasteiger charge is 2.10. The molecule has 0 aromatic heterocycles. The zero-order chi connectivity index (χ0) is 19.4. The summed E-state index contributed by atoms with van der Waals surface area (Å²) in [6, 6.07) is 5.27. The van der Waals surface area contributed by atoms with Crippen LogP contribution in [0.3, 0.4) is 0 Å². The maximum Gasteiger partial charge on any atom is 0.321 e. The van der Waals surface area contributed by atoms with Crippen molar-refractivity contribution >= 4 is 34.5 Å². The molecule has 0 spiro atoms. The van der Waals surface area contributed by atoms with Gasteiger partial charge in [0.15, 0.2) is 11.5 Å². The molecule has 26 heavy (non-hydrogen) atoms. The van der Waals surface area contributed by atoms with E-state index < -0.39 is 0 Å². The number of ether oxygens (including phenoxy) is 2. The van der Waals surface area contributed by atoms with Crippen LogP contribution >= 0.6 is 22.6 Å². The summed E-state index contributed by atoms with van der Waals surface area (Å²) in [7, 11) is 1.52. The normalized spacial score (nSPS) is 11.0. The van der Waals surface area contributed by atoms with E-state index >= 15 is 0 Å². The Hall–Kier alpha value is -1.57. The first-order valence-corrected chi connectivity index (χ1v) is 10.4. The SMILES string of the molecule is COc1cc(CNC(=O)CCCCC=CC(C)C)ccc1OC(=O)CI. The Morgan fingerprint density at radius 3 is 2.65 bits per heavy atom. The first-order chi connectivity index (χ1) is 12.5. The summed E-state index contributed by atoms with van der Waals surface area (Å²) in [5.74, 6) is 1.16. The lowest BCUT2D eigenvalue weighted by atomic mass is 10.1. The van der Waals surface area contributed by atoms with Crippen molar-refractivity contribution in [2.24, 2.45) is 5.92 Å². The molecule has 0 heterocycles. The molecule has 0 aliphatic rings. The van der Waals surface area contributed by atoms with Crippen molar-refractivity contribution in [3.8, 4) is 11.5 Å². The van der Waals surface area contributed by atoms with E-state index in [1.54, 1.807) is 12.1 Å². The summed E-state index contributed by atoms with van der Waals surface area (Å²) in [5, 5.41) is 2.91. The molecule has 0 atom stereocenters. The van der Waals surface area contributed by atoms with Crippen LogP contribution in [0.2, 0.25) is 0 Å². The van der Waals surface area contributed by atoms with Gasteiger partial charge in [-0.3, -0.25) is 9.59 Å². The number of esters is 1. The van der Waals surface area contributed by atoms with E-state index in [0.717, 1.165) is 24.8 Å².